The predicted molar refractivity (Wildman–Crippen MR) is 65.0 cm³/mol. The minimum atomic E-state index is -4.23. The summed E-state index contributed by atoms with van der Waals surface area (Å²) in [5.41, 5.74) is 0.186. The van der Waals surface area contributed by atoms with Gasteiger partial charge in [0.2, 0.25) is 0 Å². The van der Waals surface area contributed by atoms with E-state index in [-0.39, 0.29) is 12.2 Å². The molecule has 1 saturated carbocycles. The monoisotopic (exact) mass is 260 g/mol. The fourth-order valence-electron chi connectivity index (χ4n) is 2.55. The first-order chi connectivity index (χ1) is 8.06. The number of carbonyl (C=O) groups excluding carboxylic acids is 1. The largest absolute Gasteiger partial charge is 0.392 e. The Bertz CT molecular complexity index is 377. The van der Waals surface area contributed by atoms with E-state index in [0.29, 0.717) is 6.42 Å². The molecule has 0 heterocycles. The second-order valence-electron chi connectivity index (χ2n) is 5.51. The van der Waals surface area contributed by atoms with Crippen LogP contribution in [0.15, 0.2) is 24.3 Å². The molecule has 4 heteroatoms. The van der Waals surface area contributed by atoms with Crippen molar-refractivity contribution in [1.29, 1.82) is 0 Å². The summed E-state index contributed by atoms with van der Waals surface area (Å²) in [5, 5.41) is 0. The highest BCUT2D eigenvalue weighted by atomic mass is 19.4. The van der Waals surface area contributed by atoms with E-state index in [4.69, 9.17) is 0 Å². The number of hydrogen-bond acceptors (Lipinski definition) is 1. The maximum atomic E-state index is 13.0. The Labute approximate surface area is 106 Å². The summed E-state index contributed by atoms with van der Waals surface area (Å²) in [4.78, 5) is 10.9. The third-order valence-corrected chi connectivity index (χ3v) is 3.89. The minimum absolute atomic E-state index is 0.0542. The van der Waals surface area contributed by atoms with Gasteiger partial charge in [0.1, 0.15) is 0 Å². The SMILES string of the molecule is C=C1CCC(C(F)(F)F)C(/C=C/C(C)=O)C1(C)C. The Morgan fingerprint density at radius 1 is 1.44 bits per heavy atom. The number of alkyl halides is 3. The first-order valence-corrected chi connectivity index (χ1v) is 6.00. The van der Waals surface area contributed by atoms with Crippen LogP contribution in [0.25, 0.3) is 0 Å². The van der Waals surface area contributed by atoms with Crippen LogP contribution in [0.4, 0.5) is 13.2 Å². The van der Waals surface area contributed by atoms with Gasteiger partial charge in [-0.15, -0.1) is 0 Å². The smallest absolute Gasteiger partial charge is 0.295 e. The lowest BCUT2D eigenvalue weighted by Crippen LogP contribution is -2.42. The first kappa shape index (κ1) is 15.0. The Kier molecular flexibility index (Phi) is 4.08. The van der Waals surface area contributed by atoms with E-state index < -0.39 is 23.4 Å². The van der Waals surface area contributed by atoms with Crippen molar-refractivity contribution in [2.45, 2.75) is 39.8 Å². The van der Waals surface area contributed by atoms with Crippen LogP contribution in [0.1, 0.15) is 33.6 Å². The summed E-state index contributed by atoms with van der Waals surface area (Å²) in [6, 6.07) is 0. The van der Waals surface area contributed by atoms with Gasteiger partial charge in [-0.05, 0) is 37.2 Å². The maximum Gasteiger partial charge on any atom is 0.392 e. The van der Waals surface area contributed by atoms with Crippen molar-refractivity contribution in [1.82, 2.24) is 0 Å². The highest BCUT2D eigenvalue weighted by Gasteiger charge is 2.51. The van der Waals surface area contributed by atoms with E-state index in [0.717, 1.165) is 5.57 Å². The minimum Gasteiger partial charge on any atom is -0.295 e. The highest BCUT2D eigenvalue weighted by molar-refractivity contribution is 5.87. The summed E-state index contributed by atoms with van der Waals surface area (Å²) in [6.45, 7) is 8.74. The molecule has 0 aromatic carbocycles. The lowest BCUT2D eigenvalue weighted by atomic mass is 9.61. The molecule has 18 heavy (non-hydrogen) atoms. The molecule has 2 unspecified atom stereocenters. The zero-order chi connectivity index (χ0) is 14.1. The second kappa shape index (κ2) is 4.90. The molecule has 102 valence electrons. The van der Waals surface area contributed by atoms with Crippen molar-refractivity contribution >= 4 is 5.78 Å². The zero-order valence-corrected chi connectivity index (χ0v) is 11.0. The molecule has 1 aliphatic carbocycles. The van der Waals surface area contributed by atoms with Crippen LogP contribution in [-0.2, 0) is 4.79 Å². The van der Waals surface area contributed by atoms with Gasteiger partial charge in [0.25, 0.3) is 0 Å². The number of halogens is 3. The van der Waals surface area contributed by atoms with Crippen LogP contribution in [-0.4, -0.2) is 12.0 Å². The number of allylic oxidation sites excluding steroid dienone is 3. The van der Waals surface area contributed by atoms with E-state index in [9.17, 15) is 18.0 Å². The molecule has 0 spiro atoms. The number of hydrogen-bond donors (Lipinski definition) is 0. The summed E-state index contributed by atoms with van der Waals surface area (Å²) in [7, 11) is 0. The molecule has 0 aromatic rings. The lowest BCUT2D eigenvalue weighted by Gasteiger charge is -2.44. The van der Waals surface area contributed by atoms with Gasteiger partial charge < -0.3 is 0 Å². The van der Waals surface area contributed by atoms with Crippen LogP contribution in [0.3, 0.4) is 0 Å². The van der Waals surface area contributed by atoms with Crippen LogP contribution in [0.5, 0.6) is 0 Å². The van der Waals surface area contributed by atoms with Gasteiger partial charge in [-0.2, -0.15) is 13.2 Å². The predicted octanol–water partition coefficient (Wildman–Crippen LogP) is 4.30. The molecular weight excluding hydrogens is 241 g/mol. The average Bonchev–Trinajstić information content (AvgIpc) is 2.18. The fourth-order valence-corrected chi connectivity index (χ4v) is 2.55. The Morgan fingerprint density at radius 3 is 2.44 bits per heavy atom. The highest BCUT2D eigenvalue weighted by Crippen LogP contribution is 2.52. The second-order valence-corrected chi connectivity index (χ2v) is 5.51. The molecule has 1 aliphatic rings. The molecule has 0 bridgehead atoms. The first-order valence-electron chi connectivity index (χ1n) is 6.00. The topological polar surface area (TPSA) is 17.1 Å². The molecule has 0 radical (unpaired) electrons. The Balaban J connectivity index is 3.12. The molecule has 1 nitrogen and oxygen atoms in total. The van der Waals surface area contributed by atoms with Crippen molar-refractivity contribution in [3.05, 3.63) is 24.3 Å². The van der Waals surface area contributed by atoms with Crippen LogP contribution < -0.4 is 0 Å². The normalized spacial score (nSPS) is 28.7. The van der Waals surface area contributed by atoms with Crippen LogP contribution >= 0.6 is 0 Å². The summed E-state index contributed by atoms with van der Waals surface area (Å²) in [6.07, 6.45) is -1.14. The molecule has 0 amide bonds. The van der Waals surface area contributed by atoms with Crippen molar-refractivity contribution in [2.75, 3.05) is 0 Å². The number of carbonyl (C=O) groups is 1. The standard InChI is InChI=1S/C14H19F3O/c1-9-5-7-12(14(15,16)17)11(13(9,3)4)8-6-10(2)18/h6,8,11-12H,1,5,7H2,2-4H3/b8-6+. The van der Waals surface area contributed by atoms with E-state index in [1.54, 1.807) is 13.8 Å². The van der Waals surface area contributed by atoms with E-state index in [1.165, 1.54) is 19.1 Å². The quantitative estimate of drug-likeness (QED) is 0.534. The van der Waals surface area contributed by atoms with Gasteiger partial charge in [0, 0.05) is 0 Å². The Morgan fingerprint density at radius 2 is 2.00 bits per heavy atom. The third kappa shape index (κ3) is 3.03. The number of ketones is 1. The molecule has 2 atom stereocenters. The van der Waals surface area contributed by atoms with Crippen molar-refractivity contribution in [2.24, 2.45) is 17.3 Å². The fraction of sp³-hybridized carbons (Fsp3) is 0.643. The van der Waals surface area contributed by atoms with Gasteiger partial charge in [-0.25, -0.2) is 0 Å². The summed E-state index contributed by atoms with van der Waals surface area (Å²) in [5.74, 6) is -2.35. The van der Waals surface area contributed by atoms with Crippen molar-refractivity contribution < 1.29 is 18.0 Å². The zero-order valence-electron chi connectivity index (χ0n) is 11.0. The molecular formula is C14H19F3O. The van der Waals surface area contributed by atoms with Crippen molar-refractivity contribution in [3.8, 4) is 0 Å². The van der Waals surface area contributed by atoms with Gasteiger partial charge in [0.15, 0.2) is 5.78 Å². The molecule has 1 fully saturated rings. The lowest BCUT2D eigenvalue weighted by molar-refractivity contribution is -0.198. The molecule has 0 N–H and O–H groups in total. The average molecular weight is 260 g/mol. The number of rotatable bonds is 2. The molecule has 0 aromatic heterocycles. The van der Waals surface area contributed by atoms with Gasteiger partial charge in [-0.1, -0.05) is 32.1 Å². The van der Waals surface area contributed by atoms with E-state index in [1.807, 2.05) is 0 Å². The molecule has 0 saturated heterocycles. The summed E-state index contributed by atoms with van der Waals surface area (Å²) >= 11 is 0. The van der Waals surface area contributed by atoms with Crippen LogP contribution in [0.2, 0.25) is 0 Å². The van der Waals surface area contributed by atoms with Crippen molar-refractivity contribution in [3.63, 3.8) is 0 Å². The van der Waals surface area contributed by atoms with E-state index in [2.05, 4.69) is 6.58 Å². The van der Waals surface area contributed by atoms with Gasteiger partial charge in [-0.3, -0.25) is 4.79 Å². The van der Waals surface area contributed by atoms with E-state index >= 15 is 0 Å². The summed E-state index contributed by atoms with van der Waals surface area (Å²) < 4.78 is 39.1. The Hall–Kier alpha value is -1.06. The molecule has 1 rings (SSSR count). The van der Waals surface area contributed by atoms with Gasteiger partial charge in [0.05, 0.1) is 5.92 Å². The maximum absolute atomic E-state index is 13.0. The molecule has 0 aliphatic heterocycles. The van der Waals surface area contributed by atoms with Crippen LogP contribution in [0, 0.1) is 17.3 Å². The third-order valence-electron chi connectivity index (χ3n) is 3.89. The van der Waals surface area contributed by atoms with Gasteiger partial charge >= 0.3 is 6.18 Å².